The summed E-state index contributed by atoms with van der Waals surface area (Å²) in [7, 11) is 0. The quantitative estimate of drug-likeness (QED) is 0.388. The molecule has 0 N–H and O–H groups in total. The average molecular weight is 456 g/mol. The molecule has 0 bridgehead atoms. The fourth-order valence-corrected chi connectivity index (χ4v) is 4.87. The smallest absolute Gasteiger partial charge is 0.265 e. The Bertz CT molecular complexity index is 1280. The van der Waals surface area contributed by atoms with Gasteiger partial charge in [0.05, 0.1) is 16.7 Å². The van der Waals surface area contributed by atoms with Gasteiger partial charge in [-0.3, -0.25) is 19.6 Å². The Labute approximate surface area is 197 Å². The average Bonchev–Trinajstić information content (AvgIpc) is 3.48. The van der Waals surface area contributed by atoms with Crippen LogP contribution >= 0.6 is 0 Å². The first-order valence-electron chi connectivity index (χ1n) is 11.5. The highest BCUT2D eigenvalue weighted by atomic mass is 16.6. The lowest BCUT2D eigenvalue weighted by Gasteiger charge is -2.29. The highest BCUT2D eigenvalue weighted by Crippen LogP contribution is 2.45. The van der Waals surface area contributed by atoms with Crippen LogP contribution < -0.4 is 0 Å². The number of fused-ring (bicyclic) bond motifs is 1. The van der Waals surface area contributed by atoms with E-state index in [1.165, 1.54) is 15.9 Å². The second-order valence-electron chi connectivity index (χ2n) is 8.55. The molecular formula is C26H25N5O3. The van der Waals surface area contributed by atoms with Crippen molar-refractivity contribution in [2.45, 2.75) is 38.8 Å². The van der Waals surface area contributed by atoms with Crippen molar-refractivity contribution in [3.8, 4) is 0 Å². The van der Waals surface area contributed by atoms with Gasteiger partial charge in [-0.1, -0.05) is 60.7 Å². The van der Waals surface area contributed by atoms with E-state index in [-0.39, 0.29) is 23.3 Å². The number of benzene rings is 2. The van der Waals surface area contributed by atoms with Gasteiger partial charge in [0.15, 0.2) is 0 Å². The lowest BCUT2D eigenvalue weighted by Crippen LogP contribution is -2.32. The Morgan fingerprint density at radius 1 is 1.15 bits per heavy atom. The highest BCUT2D eigenvalue weighted by Gasteiger charge is 2.45. The van der Waals surface area contributed by atoms with Crippen molar-refractivity contribution in [1.29, 1.82) is 0 Å². The number of allylic oxidation sites excluding steroid dienone is 1. The van der Waals surface area contributed by atoms with E-state index in [2.05, 4.69) is 11.2 Å². The van der Waals surface area contributed by atoms with Crippen LogP contribution in [0.3, 0.4) is 0 Å². The molecule has 8 nitrogen and oxygen atoms in total. The molecule has 2 aliphatic rings. The van der Waals surface area contributed by atoms with E-state index < -0.39 is 10.8 Å². The molecule has 1 amide bonds. The number of hydrazone groups is 1. The number of nitro groups is 1. The molecule has 0 spiro atoms. The molecule has 2 atom stereocenters. The summed E-state index contributed by atoms with van der Waals surface area (Å²) in [5.74, 6) is -0.531. The Kier molecular flexibility index (Phi) is 5.79. The monoisotopic (exact) mass is 455 g/mol. The molecule has 34 heavy (non-hydrogen) atoms. The Hall–Kier alpha value is -4.07. The van der Waals surface area contributed by atoms with Crippen molar-refractivity contribution in [1.82, 2.24) is 14.8 Å². The SMILES string of the molecule is CCn1cc([N+](=O)[O-])c(C(=O)N2N=C3/C(=C/c4ccccc4)CCCC3C2c2ccccc2)n1. The van der Waals surface area contributed by atoms with Gasteiger partial charge in [-0.05, 0) is 49.0 Å². The third-order valence-corrected chi connectivity index (χ3v) is 6.46. The summed E-state index contributed by atoms with van der Waals surface area (Å²) >= 11 is 0. The maximum absolute atomic E-state index is 13.7. The van der Waals surface area contributed by atoms with Crippen molar-refractivity contribution in [3.63, 3.8) is 0 Å². The number of hydrogen-bond donors (Lipinski definition) is 0. The van der Waals surface area contributed by atoms with Crippen molar-refractivity contribution >= 4 is 23.4 Å². The number of nitrogens with zero attached hydrogens (tertiary/aromatic N) is 5. The van der Waals surface area contributed by atoms with Crippen LogP contribution in [0.15, 0.2) is 77.5 Å². The molecule has 1 saturated carbocycles. The van der Waals surface area contributed by atoms with Crippen LogP contribution in [0.5, 0.6) is 0 Å². The van der Waals surface area contributed by atoms with Crippen molar-refractivity contribution in [3.05, 3.63) is 99.4 Å². The van der Waals surface area contributed by atoms with E-state index in [1.54, 1.807) is 0 Å². The topological polar surface area (TPSA) is 93.6 Å². The summed E-state index contributed by atoms with van der Waals surface area (Å²) in [4.78, 5) is 24.8. The van der Waals surface area contributed by atoms with Crippen LogP contribution in [-0.2, 0) is 6.54 Å². The summed E-state index contributed by atoms with van der Waals surface area (Å²) in [5.41, 5.74) is 3.55. The molecule has 1 aliphatic carbocycles. The minimum Gasteiger partial charge on any atom is -0.265 e. The number of carbonyl (C=O) groups excluding carboxylic acids is 1. The molecule has 8 heteroatoms. The molecule has 2 unspecified atom stereocenters. The standard InChI is InChI=1S/C26H25N5O3/c1-2-29-17-22(31(33)34)24(27-29)26(32)30-25(19-12-7-4-8-13-19)21-15-9-14-20(23(21)28-30)16-18-10-5-3-6-11-18/h3-8,10-13,16-17,21,25H,2,9,14-15H2,1H3/b20-16+. The van der Waals surface area contributed by atoms with Gasteiger partial charge in [0.1, 0.15) is 6.20 Å². The molecule has 172 valence electrons. The minimum atomic E-state index is -0.555. The number of rotatable bonds is 5. The third-order valence-electron chi connectivity index (χ3n) is 6.46. The summed E-state index contributed by atoms with van der Waals surface area (Å²) in [6.45, 7) is 2.25. The Balaban J connectivity index is 1.61. The molecule has 0 saturated heterocycles. The lowest BCUT2D eigenvalue weighted by molar-refractivity contribution is -0.385. The zero-order valence-electron chi connectivity index (χ0n) is 18.9. The summed E-state index contributed by atoms with van der Waals surface area (Å²) in [6, 6.07) is 19.5. The van der Waals surface area contributed by atoms with E-state index in [4.69, 9.17) is 5.10 Å². The second-order valence-corrected chi connectivity index (χ2v) is 8.55. The van der Waals surface area contributed by atoms with E-state index >= 15 is 0 Å². The highest BCUT2D eigenvalue weighted by molar-refractivity contribution is 6.09. The van der Waals surface area contributed by atoms with Crippen molar-refractivity contribution in [2.24, 2.45) is 11.0 Å². The first kappa shape index (κ1) is 21.8. The van der Waals surface area contributed by atoms with Crippen molar-refractivity contribution < 1.29 is 9.72 Å². The molecule has 2 aromatic carbocycles. The van der Waals surface area contributed by atoms with E-state index in [0.29, 0.717) is 6.54 Å². The van der Waals surface area contributed by atoms with Crippen LogP contribution in [0.1, 0.15) is 53.8 Å². The normalized spacial score (nSPS) is 20.8. The number of aryl methyl sites for hydroxylation is 1. The minimum absolute atomic E-state index is 0.0161. The first-order valence-corrected chi connectivity index (χ1v) is 11.5. The number of amides is 1. The molecular weight excluding hydrogens is 430 g/mol. The molecule has 1 aliphatic heterocycles. The molecule has 1 fully saturated rings. The number of carbonyl (C=O) groups is 1. The second kappa shape index (κ2) is 9.05. The molecule has 3 aromatic rings. The summed E-state index contributed by atoms with van der Waals surface area (Å²) < 4.78 is 1.42. The van der Waals surface area contributed by atoms with Gasteiger partial charge >= 0.3 is 11.6 Å². The zero-order chi connectivity index (χ0) is 23.7. The van der Waals surface area contributed by atoms with Gasteiger partial charge in [0.25, 0.3) is 0 Å². The maximum Gasteiger partial charge on any atom is 0.320 e. The molecule has 5 rings (SSSR count). The van der Waals surface area contributed by atoms with E-state index in [0.717, 1.165) is 41.7 Å². The van der Waals surface area contributed by atoms with E-state index in [1.807, 2.05) is 67.6 Å². The summed E-state index contributed by atoms with van der Waals surface area (Å²) in [6.07, 6.45) is 6.19. The van der Waals surface area contributed by atoms with Gasteiger partial charge in [-0.15, -0.1) is 0 Å². The summed E-state index contributed by atoms with van der Waals surface area (Å²) in [5, 5.41) is 22.1. The van der Waals surface area contributed by atoms with Gasteiger partial charge in [0, 0.05) is 12.5 Å². The molecule has 2 heterocycles. The van der Waals surface area contributed by atoms with Crippen LogP contribution in [-0.4, -0.2) is 31.3 Å². The fraction of sp³-hybridized carbons (Fsp3) is 0.269. The van der Waals surface area contributed by atoms with Gasteiger partial charge in [-0.25, -0.2) is 5.01 Å². The lowest BCUT2D eigenvalue weighted by atomic mass is 9.77. The van der Waals surface area contributed by atoms with Crippen LogP contribution in [0.25, 0.3) is 6.08 Å². The predicted molar refractivity (Wildman–Crippen MR) is 129 cm³/mol. The fourth-order valence-electron chi connectivity index (χ4n) is 4.87. The van der Waals surface area contributed by atoms with Crippen molar-refractivity contribution in [2.75, 3.05) is 0 Å². The molecule has 1 aromatic heterocycles. The van der Waals surface area contributed by atoms with E-state index in [9.17, 15) is 14.9 Å². The van der Waals surface area contributed by atoms with Crippen LogP contribution in [0.4, 0.5) is 5.69 Å². The van der Waals surface area contributed by atoms with Crippen LogP contribution in [0.2, 0.25) is 0 Å². The van der Waals surface area contributed by atoms with Gasteiger partial charge < -0.3 is 0 Å². The number of hydrogen-bond acceptors (Lipinski definition) is 5. The van der Waals surface area contributed by atoms with Crippen LogP contribution in [0, 0.1) is 16.0 Å². The Morgan fingerprint density at radius 3 is 2.53 bits per heavy atom. The maximum atomic E-state index is 13.7. The van der Waals surface area contributed by atoms with Gasteiger partial charge in [0.2, 0.25) is 5.69 Å². The first-order chi connectivity index (χ1) is 16.6. The molecule has 0 radical (unpaired) electrons. The largest absolute Gasteiger partial charge is 0.320 e. The zero-order valence-corrected chi connectivity index (χ0v) is 18.9. The number of aromatic nitrogens is 2. The third kappa shape index (κ3) is 3.91. The Morgan fingerprint density at radius 2 is 1.85 bits per heavy atom. The predicted octanol–water partition coefficient (Wildman–Crippen LogP) is 5.25. The van der Waals surface area contributed by atoms with Gasteiger partial charge in [-0.2, -0.15) is 10.2 Å².